The number of piperidine rings is 1. The molecule has 1 heterocycles. The Labute approximate surface area is 88.9 Å². The molecule has 0 atom stereocenters. The van der Waals surface area contributed by atoms with Crippen molar-refractivity contribution in [1.82, 2.24) is 0 Å². The molecule has 0 saturated carbocycles. The molecule has 78 valence electrons. The lowest BCUT2D eigenvalue weighted by Gasteiger charge is -2.28. The zero-order valence-electron chi connectivity index (χ0n) is 8.54. The van der Waals surface area contributed by atoms with Crippen molar-refractivity contribution in [3.8, 4) is 6.07 Å². The van der Waals surface area contributed by atoms with Crippen LogP contribution in [-0.4, -0.2) is 13.1 Å². The van der Waals surface area contributed by atoms with Crippen LogP contribution in [0.2, 0.25) is 0 Å². The van der Waals surface area contributed by atoms with Crippen LogP contribution in [0.5, 0.6) is 0 Å². The fourth-order valence-electron chi connectivity index (χ4n) is 1.95. The maximum absolute atomic E-state index is 13.1. The second-order valence-corrected chi connectivity index (χ2v) is 3.82. The van der Waals surface area contributed by atoms with Gasteiger partial charge in [-0.25, -0.2) is 4.39 Å². The Balaban J connectivity index is 2.25. The zero-order chi connectivity index (χ0) is 10.7. The average molecular weight is 204 g/mol. The van der Waals surface area contributed by atoms with Gasteiger partial charge >= 0.3 is 0 Å². The van der Waals surface area contributed by atoms with Gasteiger partial charge in [0.25, 0.3) is 0 Å². The normalized spacial score (nSPS) is 16.1. The van der Waals surface area contributed by atoms with Gasteiger partial charge in [0.15, 0.2) is 0 Å². The first-order chi connectivity index (χ1) is 7.31. The molecule has 0 radical (unpaired) electrons. The van der Waals surface area contributed by atoms with Crippen molar-refractivity contribution < 1.29 is 4.39 Å². The number of rotatable bonds is 1. The van der Waals surface area contributed by atoms with Crippen LogP contribution in [0.3, 0.4) is 0 Å². The monoisotopic (exact) mass is 204 g/mol. The summed E-state index contributed by atoms with van der Waals surface area (Å²) in [5.41, 5.74) is 1.10. The number of anilines is 1. The maximum atomic E-state index is 13.1. The van der Waals surface area contributed by atoms with Crippen LogP contribution < -0.4 is 4.90 Å². The molecular weight excluding hydrogens is 191 g/mol. The second-order valence-electron chi connectivity index (χ2n) is 3.82. The lowest BCUT2D eigenvalue weighted by Crippen LogP contribution is -2.29. The predicted octanol–water partition coefficient (Wildman–Crippen LogP) is 2.69. The Kier molecular flexibility index (Phi) is 2.86. The topological polar surface area (TPSA) is 27.0 Å². The quantitative estimate of drug-likeness (QED) is 0.703. The summed E-state index contributed by atoms with van der Waals surface area (Å²) in [6, 6.07) is 6.64. The molecule has 15 heavy (non-hydrogen) atoms. The van der Waals surface area contributed by atoms with Crippen LogP contribution in [0.1, 0.15) is 24.8 Å². The van der Waals surface area contributed by atoms with E-state index in [4.69, 9.17) is 5.26 Å². The van der Waals surface area contributed by atoms with Gasteiger partial charge in [-0.1, -0.05) is 0 Å². The molecule has 1 aromatic rings. The first kappa shape index (κ1) is 9.97. The molecule has 0 unspecified atom stereocenters. The molecule has 0 N–H and O–H groups in total. The van der Waals surface area contributed by atoms with Crippen molar-refractivity contribution in [3.63, 3.8) is 0 Å². The summed E-state index contributed by atoms with van der Waals surface area (Å²) in [4.78, 5) is 2.21. The summed E-state index contributed by atoms with van der Waals surface area (Å²) in [5, 5.41) is 8.73. The number of hydrogen-bond acceptors (Lipinski definition) is 2. The molecular formula is C12H13FN2. The largest absolute Gasteiger partial charge is 0.371 e. The van der Waals surface area contributed by atoms with Crippen LogP contribution in [-0.2, 0) is 0 Å². The highest BCUT2D eigenvalue weighted by molar-refractivity contribution is 5.52. The highest BCUT2D eigenvalue weighted by Gasteiger charge is 2.12. The van der Waals surface area contributed by atoms with Gasteiger partial charge in [-0.2, -0.15) is 5.26 Å². The van der Waals surface area contributed by atoms with Gasteiger partial charge < -0.3 is 4.90 Å². The van der Waals surface area contributed by atoms with Crippen LogP contribution in [0.25, 0.3) is 0 Å². The van der Waals surface area contributed by atoms with Crippen LogP contribution in [0, 0.1) is 17.1 Å². The number of benzene rings is 1. The van der Waals surface area contributed by atoms with Gasteiger partial charge in [0.1, 0.15) is 11.9 Å². The van der Waals surface area contributed by atoms with Crippen molar-refractivity contribution in [2.24, 2.45) is 0 Å². The molecule has 0 bridgehead atoms. The third-order valence-corrected chi connectivity index (χ3v) is 2.79. The van der Waals surface area contributed by atoms with Gasteiger partial charge in [0, 0.05) is 18.8 Å². The fraction of sp³-hybridized carbons (Fsp3) is 0.417. The average Bonchev–Trinajstić information content (AvgIpc) is 2.31. The number of hydrogen-bond donors (Lipinski definition) is 0. The van der Waals surface area contributed by atoms with Crippen molar-refractivity contribution in [1.29, 1.82) is 5.26 Å². The van der Waals surface area contributed by atoms with Crippen molar-refractivity contribution in [2.45, 2.75) is 19.3 Å². The van der Waals surface area contributed by atoms with E-state index in [-0.39, 0.29) is 5.56 Å². The van der Waals surface area contributed by atoms with Crippen molar-refractivity contribution in [2.75, 3.05) is 18.0 Å². The van der Waals surface area contributed by atoms with Crippen molar-refractivity contribution >= 4 is 5.69 Å². The van der Waals surface area contributed by atoms with Crippen LogP contribution in [0.4, 0.5) is 10.1 Å². The summed E-state index contributed by atoms with van der Waals surface area (Å²) in [5.74, 6) is -0.432. The van der Waals surface area contributed by atoms with E-state index >= 15 is 0 Å². The lowest BCUT2D eigenvalue weighted by molar-refractivity contribution is 0.576. The Hall–Kier alpha value is -1.56. The van der Waals surface area contributed by atoms with Crippen LogP contribution in [0.15, 0.2) is 18.2 Å². The molecule has 0 spiro atoms. The number of nitrogens with zero attached hydrogens (tertiary/aromatic N) is 2. The summed E-state index contributed by atoms with van der Waals surface area (Å²) in [7, 11) is 0. The molecule has 0 aromatic heterocycles. The minimum Gasteiger partial charge on any atom is -0.371 e. The van der Waals surface area contributed by atoms with Gasteiger partial charge in [-0.15, -0.1) is 0 Å². The van der Waals surface area contributed by atoms with E-state index in [0.717, 1.165) is 18.8 Å². The summed E-state index contributed by atoms with van der Waals surface area (Å²) in [6.45, 7) is 2.02. The molecule has 2 nitrogen and oxygen atoms in total. The SMILES string of the molecule is N#Cc1cc(N2CCCCC2)ccc1F. The molecule has 2 rings (SSSR count). The van der Waals surface area contributed by atoms with Gasteiger partial charge in [0.2, 0.25) is 0 Å². The molecule has 3 heteroatoms. The first-order valence-electron chi connectivity index (χ1n) is 5.26. The standard InChI is InChI=1S/C12H13FN2/c13-12-5-4-11(8-10(12)9-14)15-6-2-1-3-7-15/h4-5,8H,1-3,6-7H2. The summed E-state index contributed by atoms with van der Waals surface area (Å²) < 4.78 is 13.1. The fourth-order valence-corrected chi connectivity index (χ4v) is 1.95. The highest BCUT2D eigenvalue weighted by Crippen LogP contribution is 2.22. The molecule has 1 aliphatic rings. The summed E-state index contributed by atoms with van der Waals surface area (Å²) >= 11 is 0. The minimum atomic E-state index is -0.432. The predicted molar refractivity (Wildman–Crippen MR) is 57.2 cm³/mol. The maximum Gasteiger partial charge on any atom is 0.141 e. The van der Waals surface area contributed by atoms with Gasteiger partial charge in [-0.3, -0.25) is 0 Å². The van der Waals surface area contributed by atoms with E-state index in [1.54, 1.807) is 12.1 Å². The zero-order valence-corrected chi connectivity index (χ0v) is 8.54. The van der Waals surface area contributed by atoms with E-state index in [0.29, 0.717) is 0 Å². The Morgan fingerprint density at radius 2 is 1.93 bits per heavy atom. The Bertz CT molecular complexity index is 389. The van der Waals surface area contributed by atoms with E-state index in [1.807, 2.05) is 6.07 Å². The third-order valence-electron chi connectivity index (χ3n) is 2.79. The highest BCUT2D eigenvalue weighted by atomic mass is 19.1. The number of halogens is 1. The third kappa shape index (κ3) is 2.10. The summed E-state index contributed by atoms with van der Waals surface area (Å²) in [6.07, 6.45) is 3.63. The van der Waals surface area contributed by atoms with Crippen LogP contribution >= 0.6 is 0 Å². The molecule has 1 fully saturated rings. The smallest absolute Gasteiger partial charge is 0.141 e. The van der Waals surface area contributed by atoms with E-state index in [1.165, 1.54) is 25.3 Å². The van der Waals surface area contributed by atoms with E-state index < -0.39 is 5.82 Å². The van der Waals surface area contributed by atoms with Gasteiger partial charge in [-0.05, 0) is 37.5 Å². The lowest BCUT2D eigenvalue weighted by atomic mass is 10.1. The Morgan fingerprint density at radius 1 is 1.20 bits per heavy atom. The molecule has 1 saturated heterocycles. The van der Waals surface area contributed by atoms with E-state index in [9.17, 15) is 4.39 Å². The second kappa shape index (κ2) is 4.31. The minimum absolute atomic E-state index is 0.137. The van der Waals surface area contributed by atoms with Gasteiger partial charge in [0.05, 0.1) is 5.56 Å². The molecule has 0 aliphatic carbocycles. The molecule has 0 amide bonds. The van der Waals surface area contributed by atoms with Crippen molar-refractivity contribution in [3.05, 3.63) is 29.6 Å². The molecule has 1 aliphatic heterocycles. The van der Waals surface area contributed by atoms with E-state index in [2.05, 4.69) is 4.90 Å². The Morgan fingerprint density at radius 3 is 2.60 bits per heavy atom. The molecule has 1 aromatic carbocycles. The number of nitriles is 1. The first-order valence-corrected chi connectivity index (χ1v) is 5.26.